The van der Waals surface area contributed by atoms with Gasteiger partial charge in [0.1, 0.15) is 17.9 Å². The molecule has 0 aliphatic carbocycles. The predicted octanol–water partition coefficient (Wildman–Crippen LogP) is 1.44. The summed E-state index contributed by atoms with van der Waals surface area (Å²) in [6.45, 7) is 16.0. The first-order valence-electron chi connectivity index (χ1n) is 11.2. The molecule has 0 aromatic carbocycles. The van der Waals surface area contributed by atoms with Gasteiger partial charge in [0, 0.05) is 37.8 Å². The molecule has 0 aliphatic heterocycles. The van der Waals surface area contributed by atoms with Gasteiger partial charge in [0.15, 0.2) is 0 Å². The van der Waals surface area contributed by atoms with Crippen molar-refractivity contribution < 1.29 is 31.2 Å². The molecule has 3 N–H and O–H groups in total. The zero-order chi connectivity index (χ0) is 29.4. The van der Waals surface area contributed by atoms with E-state index >= 15 is 0 Å². The Hall–Kier alpha value is -2.39. The van der Waals surface area contributed by atoms with E-state index in [0.29, 0.717) is 5.92 Å². The standard InChI is InChI=1S/C6H14N2O3S.C5H9N3.C5H11NO3S.C5H10O/c1-5(2)6(9)7-12(10,11)8(3)4;1-4(2)5-6-3-7-8-5;1-4(2)5(7)6-10(3,8)9;1-4(2)5(3)6/h5H,1-4H3,(H,7,9);3-4H,1-2H3,(H,6,7,8);4H,1-3H3,(H,6,7);4H,1-3H3. The molecule has 1 aromatic rings. The largest absolute Gasteiger partial charge is 0.303 e. The van der Waals surface area contributed by atoms with E-state index in [1.54, 1.807) is 34.6 Å². The maximum Gasteiger partial charge on any atom is 0.303 e. The van der Waals surface area contributed by atoms with Crippen molar-refractivity contribution in [2.75, 3.05) is 20.4 Å². The average Bonchev–Trinajstić information content (AvgIpc) is 3.22. The second-order valence-electron chi connectivity index (χ2n) is 9.09. The van der Waals surface area contributed by atoms with Crippen molar-refractivity contribution in [3.63, 3.8) is 0 Å². The molecule has 1 rings (SSSR count). The molecule has 0 saturated carbocycles. The van der Waals surface area contributed by atoms with Crippen LogP contribution >= 0.6 is 0 Å². The number of sulfonamides is 1. The number of H-pyrrole nitrogens is 1. The molecule has 15 heteroatoms. The van der Waals surface area contributed by atoms with Crippen molar-refractivity contribution in [1.82, 2.24) is 28.9 Å². The molecule has 0 radical (unpaired) electrons. The van der Waals surface area contributed by atoms with Crippen molar-refractivity contribution in [3.8, 4) is 0 Å². The van der Waals surface area contributed by atoms with E-state index in [-0.39, 0.29) is 23.5 Å². The Morgan fingerprint density at radius 2 is 1.22 bits per heavy atom. The summed E-state index contributed by atoms with van der Waals surface area (Å²) < 4.78 is 47.6. The van der Waals surface area contributed by atoms with E-state index in [0.717, 1.165) is 16.4 Å². The summed E-state index contributed by atoms with van der Waals surface area (Å²) in [5.74, 6) is 0.281. The SMILES string of the molecule is CC(=O)C(C)C.CC(C)C(=O)NS(=O)(=O)N(C)C.CC(C)C(=O)NS(C)(=O)=O.CC(C)c1ncn[nH]1. The molecule has 1 aromatic heterocycles. The summed E-state index contributed by atoms with van der Waals surface area (Å²) in [7, 11) is -4.26. The number of amides is 2. The normalized spacial score (nSPS) is 11.1. The van der Waals surface area contributed by atoms with Crippen LogP contribution in [0.25, 0.3) is 0 Å². The number of hydrogen-bond donors (Lipinski definition) is 3. The first kappa shape index (κ1) is 38.1. The fraction of sp³-hybridized carbons (Fsp3) is 0.762. The molecular weight excluding hydrogens is 512 g/mol. The molecule has 0 bridgehead atoms. The van der Waals surface area contributed by atoms with Crippen LogP contribution in [-0.4, -0.2) is 74.3 Å². The Morgan fingerprint density at radius 3 is 1.39 bits per heavy atom. The number of nitrogens with one attached hydrogen (secondary N) is 3. The van der Waals surface area contributed by atoms with Crippen LogP contribution in [0, 0.1) is 17.8 Å². The topological polar surface area (TPSA) is 188 Å². The predicted molar refractivity (Wildman–Crippen MR) is 139 cm³/mol. The maximum absolute atomic E-state index is 11.0. The van der Waals surface area contributed by atoms with Crippen molar-refractivity contribution in [1.29, 1.82) is 0 Å². The molecule has 0 saturated heterocycles. The van der Waals surface area contributed by atoms with E-state index in [1.165, 1.54) is 20.4 Å². The van der Waals surface area contributed by atoms with Crippen LogP contribution in [-0.2, 0) is 34.6 Å². The molecule has 0 atom stereocenters. The van der Waals surface area contributed by atoms with Gasteiger partial charge in [0.05, 0.1) is 6.26 Å². The fourth-order valence-corrected chi connectivity index (χ4v) is 2.40. The Bertz CT molecular complexity index is 986. The van der Waals surface area contributed by atoms with Gasteiger partial charge in [-0.2, -0.15) is 17.8 Å². The highest BCUT2D eigenvalue weighted by Crippen LogP contribution is 2.04. The number of carbonyl (C=O) groups excluding carboxylic acids is 3. The second kappa shape index (κ2) is 17.9. The Balaban J connectivity index is -0.000000415. The summed E-state index contributed by atoms with van der Waals surface area (Å²) in [6, 6.07) is 0. The number of rotatable bonds is 7. The lowest BCUT2D eigenvalue weighted by atomic mass is 10.1. The summed E-state index contributed by atoms with van der Waals surface area (Å²) >= 11 is 0. The monoisotopic (exact) mass is 556 g/mol. The zero-order valence-corrected chi connectivity index (χ0v) is 25.0. The van der Waals surface area contributed by atoms with Gasteiger partial charge in [-0.15, -0.1) is 0 Å². The minimum Gasteiger partial charge on any atom is -0.300 e. The van der Waals surface area contributed by atoms with Crippen molar-refractivity contribution in [3.05, 3.63) is 12.2 Å². The molecule has 0 fully saturated rings. The van der Waals surface area contributed by atoms with Crippen LogP contribution in [0.4, 0.5) is 0 Å². The van der Waals surface area contributed by atoms with Crippen LogP contribution in [0.5, 0.6) is 0 Å². The van der Waals surface area contributed by atoms with E-state index in [4.69, 9.17) is 0 Å². The van der Waals surface area contributed by atoms with Crippen molar-refractivity contribution >= 4 is 37.8 Å². The van der Waals surface area contributed by atoms with Gasteiger partial charge in [-0.3, -0.25) is 24.2 Å². The van der Waals surface area contributed by atoms with Gasteiger partial charge < -0.3 is 0 Å². The van der Waals surface area contributed by atoms with Gasteiger partial charge in [-0.25, -0.2) is 18.1 Å². The minimum atomic E-state index is -3.61. The first-order valence-corrected chi connectivity index (χ1v) is 14.5. The third kappa shape index (κ3) is 22.1. The highest BCUT2D eigenvalue weighted by molar-refractivity contribution is 7.89. The number of nitrogens with zero attached hydrogens (tertiary/aromatic N) is 3. The maximum atomic E-state index is 11.0. The van der Waals surface area contributed by atoms with Crippen LogP contribution in [0.1, 0.15) is 74.1 Å². The van der Waals surface area contributed by atoms with E-state index in [1.807, 2.05) is 23.3 Å². The van der Waals surface area contributed by atoms with Crippen LogP contribution < -0.4 is 9.44 Å². The summed E-state index contributed by atoms with van der Waals surface area (Å²) in [5, 5.41) is 6.48. The number of Topliss-reactive ketones (excluding diaryl/α,β-unsaturated/α-hetero) is 1. The molecule has 2 amide bonds. The van der Waals surface area contributed by atoms with E-state index in [2.05, 4.69) is 29.0 Å². The second-order valence-corrected chi connectivity index (χ2v) is 12.7. The van der Waals surface area contributed by atoms with E-state index in [9.17, 15) is 31.2 Å². The average molecular weight is 557 g/mol. The number of aromatic nitrogens is 3. The summed E-state index contributed by atoms with van der Waals surface area (Å²) in [5.41, 5.74) is 0. The zero-order valence-electron chi connectivity index (χ0n) is 23.4. The van der Waals surface area contributed by atoms with Crippen molar-refractivity contribution in [2.45, 2.75) is 68.2 Å². The molecular formula is C21H44N6O7S2. The lowest BCUT2D eigenvalue weighted by molar-refractivity contribution is -0.123. The number of ketones is 1. The van der Waals surface area contributed by atoms with Gasteiger partial charge in [-0.1, -0.05) is 55.4 Å². The third-order valence-corrected chi connectivity index (χ3v) is 5.83. The molecule has 1 heterocycles. The van der Waals surface area contributed by atoms with Gasteiger partial charge in [0.25, 0.3) is 0 Å². The lowest BCUT2D eigenvalue weighted by Gasteiger charge is -2.13. The fourth-order valence-electron chi connectivity index (χ4n) is 1.13. The Morgan fingerprint density at radius 1 is 0.833 bits per heavy atom. The Kier molecular flexibility index (Phi) is 19.0. The van der Waals surface area contributed by atoms with Crippen LogP contribution in [0.2, 0.25) is 0 Å². The summed E-state index contributed by atoms with van der Waals surface area (Å²) in [6.07, 6.45) is 2.47. The lowest BCUT2D eigenvalue weighted by Crippen LogP contribution is -2.41. The summed E-state index contributed by atoms with van der Waals surface area (Å²) in [4.78, 5) is 35.7. The highest BCUT2D eigenvalue weighted by Gasteiger charge is 2.18. The highest BCUT2D eigenvalue weighted by atomic mass is 32.2. The molecule has 0 spiro atoms. The first-order chi connectivity index (χ1) is 16.0. The third-order valence-electron chi connectivity index (χ3n) is 3.84. The minimum absolute atomic E-state index is 0.213. The van der Waals surface area contributed by atoms with Crippen molar-refractivity contribution in [2.24, 2.45) is 17.8 Å². The van der Waals surface area contributed by atoms with E-state index < -0.39 is 32.0 Å². The van der Waals surface area contributed by atoms with Crippen LogP contribution in [0.3, 0.4) is 0 Å². The van der Waals surface area contributed by atoms with Gasteiger partial charge in [0.2, 0.25) is 21.8 Å². The molecule has 0 unspecified atom stereocenters. The number of hydrogen-bond acceptors (Lipinski definition) is 9. The Labute approximate surface area is 216 Å². The molecule has 13 nitrogen and oxygen atoms in total. The van der Waals surface area contributed by atoms with Gasteiger partial charge in [-0.05, 0) is 6.92 Å². The quantitative estimate of drug-likeness (QED) is 0.446. The smallest absolute Gasteiger partial charge is 0.300 e. The molecule has 212 valence electrons. The molecule has 36 heavy (non-hydrogen) atoms. The van der Waals surface area contributed by atoms with Gasteiger partial charge >= 0.3 is 10.2 Å². The van der Waals surface area contributed by atoms with Crippen LogP contribution in [0.15, 0.2) is 6.33 Å². The number of carbonyl (C=O) groups is 3. The molecule has 0 aliphatic rings. The number of aromatic amines is 1.